The normalized spacial score (nSPS) is 12.6. The van der Waals surface area contributed by atoms with Crippen LogP contribution in [0.15, 0.2) is 285 Å². The standard InChI is InChI=1S/C75H53N3/c1-75(2)68-46-54(65-49-67-72(52-24-10-4-11-25-52)73(53-26-12-5-13-27-53)78(56-30-16-7-17-31-56)74(67)64-34-19-18-32-60(64)65)38-43-61(68)62-44-41-59(48-69(62)75)76(57-39-36-51(37-40-57)50-22-8-3-9-23-50)58-42-45-71-66(47-58)63-33-20-21-35-70(63)77(71)55-28-14-6-15-29-55/h3-49H,1-2H3. The Morgan fingerprint density at radius 1 is 0.295 bits per heavy atom. The zero-order valence-corrected chi connectivity index (χ0v) is 43.5. The van der Waals surface area contributed by atoms with Gasteiger partial charge in [-0.05, 0) is 146 Å². The van der Waals surface area contributed by atoms with Crippen LogP contribution in [0.25, 0.3) is 111 Å². The van der Waals surface area contributed by atoms with Gasteiger partial charge in [0.25, 0.3) is 0 Å². The van der Waals surface area contributed by atoms with Gasteiger partial charge in [-0.15, -0.1) is 0 Å². The third kappa shape index (κ3) is 7.20. The molecule has 12 aromatic carbocycles. The van der Waals surface area contributed by atoms with Crippen molar-refractivity contribution in [3.63, 3.8) is 0 Å². The lowest BCUT2D eigenvalue weighted by atomic mass is 9.81. The molecule has 0 atom stereocenters. The molecule has 2 heterocycles. The van der Waals surface area contributed by atoms with Crippen molar-refractivity contribution in [3.8, 4) is 67.1 Å². The lowest BCUT2D eigenvalue weighted by Crippen LogP contribution is -2.16. The summed E-state index contributed by atoms with van der Waals surface area (Å²) in [6.07, 6.45) is 0. The summed E-state index contributed by atoms with van der Waals surface area (Å²) in [5.74, 6) is 0. The molecule has 0 amide bonds. The Bertz CT molecular complexity index is 4590. The van der Waals surface area contributed by atoms with Crippen molar-refractivity contribution in [2.24, 2.45) is 0 Å². The molecule has 0 bridgehead atoms. The highest BCUT2D eigenvalue weighted by Crippen LogP contribution is 2.54. The van der Waals surface area contributed by atoms with Gasteiger partial charge in [0, 0.05) is 61.0 Å². The second-order valence-corrected chi connectivity index (χ2v) is 21.2. The molecule has 0 spiro atoms. The average Bonchev–Trinajstić information content (AvgIpc) is 4.26. The molecular weight excluding hydrogens is 943 g/mol. The highest BCUT2D eigenvalue weighted by atomic mass is 15.1. The Labute approximate surface area is 454 Å². The van der Waals surface area contributed by atoms with E-state index in [1.54, 1.807) is 0 Å². The molecule has 0 fully saturated rings. The molecule has 0 unspecified atom stereocenters. The summed E-state index contributed by atoms with van der Waals surface area (Å²) in [7, 11) is 0. The third-order valence-corrected chi connectivity index (χ3v) is 16.5. The number of nitrogens with zero attached hydrogens (tertiary/aromatic N) is 3. The summed E-state index contributed by atoms with van der Waals surface area (Å²) in [6.45, 7) is 4.82. The van der Waals surface area contributed by atoms with Crippen molar-refractivity contribution >= 4 is 60.5 Å². The van der Waals surface area contributed by atoms with Gasteiger partial charge < -0.3 is 14.0 Å². The number of fused-ring (bicyclic) bond motifs is 9. The molecule has 1 aliphatic rings. The Balaban J connectivity index is 0.894. The molecule has 0 saturated heterocycles. The van der Waals surface area contributed by atoms with Crippen LogP contribution in [-0.4, -0.2) is 9.13 Å². The van der Waals surface area contributed by atoms with Crippen molar-refractivity contribution in [2.45, 2.75) is 19.3 Å². The quantitative estimate of drug-likeness (QED) is 0.140. The number of anilines is 3. The maximum absolute atomic E-state index is 2.50. The predicted molar refractivity (Wildman–Crippen MR) is 329 cm³/mol. The molecule has 2 aromatic heterocycles. The van der Waals surface area contributed by atoms with Crippen LogP contribution in [-0.2, 0) is 5.41 Å². The van der Waals surface area contributed by atoms with Gasteiger partial charge in [-0.25, -0.2) is 0 Å². The van der Waals surface area contributed by atoms with Crippen LogP contribution in [0.4, 0.5) is 17.1 Å². The zero-order chi connectivity index (χ0) is 51.9. The van der Waals surface area contributed by atoms with Crippen molar-refractivity contribution < 1.29 is 0 Å². The van der Waals surface area contributed by atoms with E-state index in [1.807, 2.05) is 0 Å². The fraction of sp³-hybridized carbons (Fsp3) is 0.0400. The highest BCUT2D eigenvalue weighted by Gasteiger charge is 2.37. The second kappa shape index (κ2) is 18.1. The lowest BCUT2D eigenvalue weighted by Gasteiger charge is -2.28. The van der Waals surface area contributed by atoms with Crippen LogP contribution in [0, 0.1) is 0 Å². The molecular formula is C75H53N3. The number of benzene rings is 12. The van der Waals surface area contributed by atoms with Crippen molar-refractivity contribution in [1.29, 1.82) is 0 Å². The number of hydrogen-bond acceptors (Lipinski definition) is 1. The topological polar surface area (TPSA) is 13.1 Å². The van der Waals surface area contributed by atoms with E-state index in [-0.39, 0.29) is 5.41 Å². The number of aromatic nitrogens is 2. The van der Waals surface area contributed by atoms with Crippen molar-refractivity contribution in [3.05, 3.63) is 296 Å². The number of para-hydroxylation sites is 3. The monoisotopic (exact) mass is 995 g/mol. The van der Waals surface area contributed by atoms with Gasteiger partial charge in [0.15, 0.2) is 0 Å². The van der Waals surface area contributed by atoms with E-state index >= 15 is 0 Å². The van der Waals surface area contributed by atoms with E-state index in [0.717, 1.165) is 28.4 Å². The molecule has 1 aliphatic carbocycles. The molecule has 78 heavy (non-hydrogen) atoms. The van der Waals surface area contributed by atoms with E-state index in [1.165, 1.54) is 110 Å². The van der Waals surface area contributed by atoms with Gasteiger partial charge in [-0.3, -0.25) is 0 Å². The highest BCUT2D eigenvalue weighted by molar-refractivity contribution is 6.20. The Morgan fingerprint density at radius 3 is 1.45 bits per heavy atom. The maximum atomic E-state index is 2.50. The van der Waals surface area contributed by atoms with Crippen LogP contribution in [0.2, 0.25) is 0 Å². The van der Waals surface area contributed by atoms with E-state index in [9.17, 15) is 0 Å². The Kier molecular flexibility index (Phi) is 10.6. The van der Waals surface area contributed by atoms with Crippen LogP contribution in [0.5, 0.6) is 0 Å². The Morgan fingerprint density at radius 2 is 0.769 bits per heavy atom. The van der Waals surface area contributed by atoms with Gasteiger partial charge in [-0.1, -0.05) is 214 Å². The molecule has 0 saturated carbocycles. The summed E-state index contributed by atoms with van der Waals surface area (Å²) in [6, 6.07) is 105. The van der Waals surface area contributed by atoms with Crippen LogP contribution >= 0.6 is 0 Å². The minimum Gasteiger partial charge on any atom is -0.310 e. The summed E-state index contributed by atoms with van der Waals surface area (Å²) < 4.78 is 4.89. The smallest absolute Gasteiger partial charge is 0.0620 e. The molecule has 0 radical (unpaired) electrons. The molecule has 14 aromatic rings. The minimum absolute atomic E-state index is 0.307. The van der Waals surface area contributed by atoms with E-state index < -0.39 is 0 Å². The summed E-state index contributed by atoms with van der Waals surface area (Å²) in [4.78, 5) is 2.45. The summed E-state index contributed by atoms with van der Waals surface area (Å²) >= 11 is 0. The van der Waals surface area contributed by atoms with Gasteiger partial charge in [0.2, 0.25) is 0 Å². The summed E-state index contributed by atoms with van der Waals surface area (Å²) in [5.41, 5.74) is 23.7. The maximum Gasteiger partial charge on any atom is 0.0620 e. The third-order valence-electron chi connectivity index (χ3n) is 16.5. The number of rotatable bonds is 9. The van der Waals surface area contributed by atoms with Crippen molar-refractivity contribution in [1.82, 2.24) is 9.13 Å². The first-order valence-electron chi connectivity index (χ1n) is 27.1. The molecule has 3 heteroatoms. The fourth-order valence-electron chi connectivity index (χ4n) is 12.9. The van der Waals surface area contributed by atoms with Crippen molar-refractivity contribution in [2.75, 3.05) is 4.90 Å². The zero-order valence-electron chi connectivity index (χ0n) is 43.5. The minimum atomic E-state index is -0.307. The average molecular weight is 996 g/mol. The van der Waals surface area contributed by atoms with Gasteiger partial charge in [-0.2, -0.15) is 0 Å². The van der Waals surface area contributed by atoms with Gasteiger partial charge in [0.1, 0.15) is 0 Å². The number of hydrogen-bond donors (Lipinski definition) is 0. The molecule has 0 N–H and O–H groups in total. The summed E-state index contributed by atoms with van der Waals surface area (Å²) in [5, 5.41) is 6.12. The van der Waals surface area contributed by atoms with Crippen LogP contribution < -0.4 is 4.90 Å². The second-order valence-electron chi connectivity index (χ2n) is 21.2. The van der Waals surface area contributed by atoms with Gasteiger partial charge in [0.05, 0.1) is 22.2 Å². The van der Waals surface area contributed by atoms with E-state index in [4.69, 9.17) is 0 Å². The molecule has 15 rings (SSSR count). The molecule has 3 nitrogen and oxygen atoms in total. The lowest BCUT2D eigenvalue weighted by molar-refractivity contribution is 0.660. The Hall–Kier alpha value is -9.96. The first-order valence-corrected chi connectivity index (χ1v) is 27.1. The van der Waals surface area contributed by atoms with E-state index in [2.05, 4.69) is 313 Å². The predicted octanol–water partition coefficient (Wildman–Crippen LogP) is 20.3. The SMILES string of the molecule is CC1(C)c2cc(-c3cc4c(-c5ccccc5)c(-c5ccccc5)n(-c5ccccc5)c4c4ccccc34)ccc2-c2ccc(N(c3ccc(-c4ccccc4)cc3)c3ccc4c(c3)c3ccccc3n4-c3ccccc3)cc21. The fourth-order valence-corrected chi connectivity index (χ4v) is 12.9. The molecule has 368 valence electrons. The van der Waals surface area contributed by atoms with E-state index in [0.29, 0.717) is 0 Å². The van der Waals surface area contributed by atoms with Gasteiger partial charge >= 0.3 is 0 Å². The molecule has 0 aliphatic heterocycles. The first kappa shape index (κ1) is 45.4. The largest absolute Gasteiger partial charge is 0.310 e. The van der Waals surface area contributed by atoms with Crippen LogP contribution in [0.3, 0.4) is 0 Å². The first-order chi connectivity index (χ1) is 38.5. The van der Waals surface area contributed by atoms with Crippen LogP contribution in [0.1, 0.15) is 25.0 Å².